The molecule has 0 aliphatic heterocycles. The van der Waals surface area contributed by atoms with Crippen LogP contribution in [0.2, 0.25) is 5.02 Å². The number of benzene rings is 1. The lowest BCUT2D eigenvalue weighted by atomic mass is 10.2. The van der Waals surface area contributed by atoms with E-state index in [2.05, 4.69) is 15.2 Å². The van der Waals surface area contributed by atoms with Crippen molar-refractivity contribution in [3.63, 3.8) is 0 Å². The Labute approximate surface area is 113 Å². The molecule has 0 fully saturated rings. The summed E-state index contributed by atoms with van der Waals surface area (Å²) in [6.07, 6.45) is 1.59. The number of hydrogen-bond acceptors (Lipinski definition) is 5. The highest BCUT2D eigenvalue weighted by molar-refractivity contribution is 6.30. The van der Waals surface area contributed by atoms with E-state index in [1.807, 2.05) is 12.1 Å². The van der Waals surface area contributed by atoms with Crippen molar-refractivity contribution in [2.75, 3.05) is 5.73 Å². The fourth-order valence-corrected chi connectivity index (χ4v) is 1.88. The Bertz CT molecular complexity index is 733. The average Bonchev–Trinajstić information content (AvgIpc) is 2.98. The van der Waals surface area contributed by atoms with Crippen LogP contribution in [0.3, 0.4) is 0 Å². The van der Waals surface area contributed by atoms with Crippen LogP contribution in [0, 0.1) is 0 Å². The van der Waals surface area contributed by atoms with E-state index in [0.29, 0.717) is 28.1 Å². The van der Waals surface area contributed by atoms with Gasteiger partial charge in [0.05, 0.1) is 6.20 Å². The molecular formula is C12H10ClN5O. The molecule has 1 aromatic carbocycles. The second-order valence-corrected chi connectivity index (χ2v) is 4.44. The van der Waals surface area contributed by atoms with Crippen LogP contribution in [0.1, 0.15) is 0 Å². The molecule has 3 rings (SSSR count). The summed E-state index contributed by atoms with van der Waals surface area (Å²) >= 11 is 5.93. The summed E-state index contributed by atoms with van der Waals surface area (Å²) in [7, 11) is 1.74. The molecule has 0 saturated heterocycles. The molecule has 6 nitrogen and oxygen atoms in total. The summed E-state index contributed by atoms with van der Waals surface area (Å²) in [6.45, 7) is 0. The predicted molar refractivity (Wildman–Crippen MR) is 71.4 cm³/mol. The van der Waals surface area contributed by atoms with Gasteiger partial charge in [-0.25, -0.2) is 0 Å². The first-order chi connectivity index (χ1) is 9.15. The van der Waals surface area contributed by atoms with E-state index in [1.54, 1.807) is 30.1 Å². The van der Waals surface area contributed by atoms with Gasteiger partial charge in [-0.1, -0.05) is 28.9 Å². The van der Waals surface area contributed by atoms with Crippen LogP contribution >= 0.6 is 11.6 Å². The number of halogens is 1. The Morgan fingerprint density at radius 2 is 2.21 bits per heavy atom. The number of nitrogen functional groups attached to an aromatic ring is 1. The summed E-state index contributed by atoms with van der Waals surface area (Å²) in [5.74, 6) is 1.27. The quantitative estimate of drug-likeness (QED) is 0.776. The van der Waals surface area contributed by atoms with E-state index in [9.17, 15) is 0 Å². The lowest BCUT2D eigenvalue weighted by Gasteiger charge is -1.94. The Hall–Kier alpha value is -2.34. The molecule has 2 heterocycles. The SMILES string of the molecule is Cn1ncc(-c2nc(-c3cccc(Cl)c3)no2)c1N. The normalized spacial score (nSPS) is 10.8. The maximum Gasteiger partial charge on any atom is 0.263 e. The van der Waals surface area contributed by atoms with Gasteiger partial charge in [0.15, 0.2) is 0 Å². The molecule has 0 aliphatic rings. The van der Waals surface area contributed by atoms with Crippen molar-refractivity contribution in [3.05, 3.63) is 35.5 Å². The highest BCUT2D eigenvalue weighted by Crippen LogP contribution is 2.26. The Morgan fingerprint density at radius 1 is 1.37 bits per heavy atom. The summed E-state index contributed by atoms with van der Waals surface area (Å²) < 4.78 is 6.74. The van der Waals surface area contributed by atoms with Crippen molar-refractivity contribution in [2.24, 2.45) is 7.05 Å². The molecule has 0 atom stereocenters. The van der Waals surface area contributed by atoms with Gasteiger partial charge in [0.1, 0.15) is 11.4 Å². The molecule has 19 heavy (non-hydrogen) atoms. The lowest BCUT2D eigenvalue weighted by molar-refractivity contribution is 0.432. The molecule has 0 amide bonds. The summed E-state index contributed by atoms with van der Waals surface area (Å²) in [5.41, 5.74) is 7.25. The second kappa shape index (κ2) is 4.40. The van der Waals surface area contributed by atoms with Crippen molar-refractivity contribution < 1.29 is 4.52 Å². The number of hydrogen-bond donors (Lipinski definition) is 1. The van der Waals surface area contributed by atoms with E-state index in [-0.39, 0.29) is 0 Å². The third kappa shape index (κ3) is 2.06. The Kier molecular flexibility index (Phi) is 2.72. The van der Waals surface area contributed by atoms with Gasteiger partial charge < -0.3 is 10.3 Å². The summed E-state index contributed by atoms with van der Waals surface area (Å²) in [5, 5.41) is 8.56. The van der Waals surface area contributed by atoms with Crippen LogP contribution in [-0.2, 0) is 7.05 Å². The van der Waals surface area contributed by atoms with Crippen molar-refractivity contribution >= 4 is 17.4 Å². The zero-order valence-corrected chi connectivity index (χ0v) is 10.8. The van der Waals surface area contributed by atoms with Gasteiger partial charge >= 0.3 is 0 Å². The molecule has 0 saturated carbocycles. The minimum atomic E-state index is 0.334. The van der Waals surface area contributed by atoms with Gasteiger partial charge in [-0.05, 0) is 12.1 Å². The van der Waals surface area contributed by atoms with Gasteiger partial charge in [-0.2, -0.15) is 10.1 Å². The average molecular weight is 276 g/mol. The van der Waals surface area contributed by atoms with Crippen LogP contribution in [0.25, 0.3) is 22.8 Å². The fourth-order valence-electron chi connectivity index (χ4n) is 1.69. The zero-order valence-electron chi connectivity index (χ0n) is 10.0. The molecule has 7 heteroatoms. The van der Waals surface area contributed by atoms with E-state index < -0.39 is 0 Å². The monoisotopic (exact) mass is 275 g/mol. The van der Waals surface area contributed by atoms with E-state index >= 15 is 0 Å². The van der Waals surface area contributed by atoms with Crippen LogP contribution in [0.4, 0.5) is 5.82 Å². The minimum Gasteiger partial charge on any atom is -0.383 e. The third-order valence-corrected chi connectivity index (χ3v) is 2.96. The smallest absolute Gasteiger partial charge is 0.263 e. The molecule has 0 spiro atoms. The Morgan fingerprint density at radius 3 is 2.89 bits per heavy atom. The van der Waals surface area contributed by atoms with Gasteiger partial charge in [0, 0.05) is 17.6 Å². The van der Waals surface area contributed by atoms with Gasteiger partial charge in [-0.3, -0.25) is 4.68 Å². The molecule has 0 aliphatic carbocycles. The molecule has 2 N–H and O–H groups in total. The van der Waals surface area contributed by atoms with Crippen LogP contribution in [0.15, 0.2) is 35.0 Å². The molecule has 0 unspecified atom stereocenters. The third-order valence-electron chi connectivity index (χ3n) is 2.72. The van der Waals surface area contributed by atoms with E-state index in [0.717, 1.165) is 5.56 Å². The molecule has 3 aromatic rings. The molecular weight excluding hydrogens is 266 g/mol. The van der Waals surface area contributed by atoms with E-state index in [4.69, 9.17) is 21.9 Å². The zero-order chi connectivity index (χ0) is 13.4. The van der Waals surface area contributed by atoms with Crippen LogP contribution in [-0.4, -0.2) is 19.9 Å². The highest BCUT2D eigenvalue weighted by atomic mass is 35.5. The number of aryl methyl sites for hydroxylation is 1. The van der Waals surface area contributed by atoms with Crippen LogP contribution < -0.4 is 5.73 Å². The van der Waals surface area contributed by atoms with Crippen molar-refractivity contribution in [3.8, 4) is 22.8 Å². The first-order valence-electron chi connectivity index (χ1n) is 5.52. The topological polar surface area (TPSA) is 82.8 Å². The molecule has 2 aromatic heterocycles. The van der Waals surface area contributed by atoms with Crippen molar-refractivity contribution in [2.45, 2.75) is 0 Å². The largest absolute Gasteiger partial charge is 0.383 e. The number of rotatable bonds is 2. The standard InChI is InChI=1S/C12H10ClN5O/c1-18-10(14)9(6-15-18)12-16-11(17-19-12)7-3-2-4-8(13)5-7/h2-6H,14H2,1H3. The van der Waals surface area contributed by atoms with E-state index in [1.165, 1.54) is 0 Å². The van der Waals surface area contributed by atoms with Crippen molar-refractivity contribution in [1.82, 2.24) is 19.9 Å². The maximum absolute atomic E-state index is 5.93. The van der Waals surface area contributed by atoms with Crippen LogP contribution in [0.5, 0.6) is 0 Å². The lowest BCUT2D eigenvalue weighted by Crippen LogP contribution is -1.98. The molecule has 0 radical (unpaired) electrons. The Balaban J connectivity index is 2.02. The first-order valence-corrected chi connectivity index (χ1v) is 5.90. The highest BCUT2D eigenvalue weighted by Gasteiger charge is 2.15. The molecule has 0 bridgehead atoms. The summed E-state index contributed by atoms with van der Waals surface area (Å²) in [4.78, 5) is 4.30. The van der Waals surface area contributed by atoms with Gasteiger partial charge in [-0.15, -0.1) is 0 Å². The van der Waals surface area contributed by atoms with Gasteiger partial charge in [0.2, 0.25) is 5.82 Å². The van der Waals surface area contributed by atoms with Gasteiger partial charge in [0.25, 0.3) is 5.89 Å². The predicted octanol–water partition coefficient (Wildman–Crippen LogP) is 2.37. The number of nitrogens with zero attached hydrogens (tertiary/aromatic N) is 4. The fraction of sp³-hybridized carbons (Fsp3) is 0.0833. The first kappa shape index (κ1) is 11.7. The number of nitrogens with two attached hydrogens (primary N) is 1. The summed E-state index contributed by atoms with van der Waals surface area (Å²) in [6, 6.07) is 7.23. The molecule has 96 valence electrons. The van der Waals surface area contributed by atoms with Crippen molar-refractivity contribution in [1.29, 1.82) is 0 Å². The second-order valence-electron chi connectivity index (χ2n) is 4.00. The number of aromatic nitrogens is 4. The minimum absolute atomic E-state index is 0.334. The maximum atomic E-state index is 5.93. The number of anilines is 1.